The molecule has 2 saturated carbocycles. The van der Waals surface area contributed by atoms with E-state index in [1.54, 1.807) is 18.3 Å². The third-order valence-corrected chi connectivity index (χ3v) is 8.13. The maximum atomic E-state index is 11.8. The minimum Gasteiger partial charge on any atom is -0.393 e. The van der Waals surface area contributed by atoms with E-state index in [-0.39, 0.29) is 30.0 Å². The van der Waals surface area contributed by atoms with Gasteiger partial charge in [-0.15, -0.1) is 0 Å². The number of amides is 1. The number of anilines is 3. The molecule has 0 unspecified atom stereocenters. The van der Waals surface area contributed by atoms with E-state index in [9.17, 15) is 15.2 Å². The normalized spacial score (nSPS) is 23.9. The summed E-state index contributed by atoms with van der Waals surface area (Å²) in [7, 11) is 0. The number of nitriles is 1. The predicted molar refractivity (Wildman–Crippen MR) is 146 cm³/mol. The number of nitrogens with two attached hydrogens (primary N) is 1. The Morgan fingerprint density at radius 2 is 1.82 bits per heavy atom. The number of benzene rings is 1. The summed E-state index contributed by atoms with van der Waals surface area (Å²) in [5.41, 5.74) is 7.60. The largest absolute Gasteiger partial charge is 0.393 e. The Hall–Kier alpha value is -3.13. The molecule has 200 valence electrons. The molecule has 5 rings (SSSR count). The molecule has 2 heterocycles. The van der Waals surface area contributed by atoms with E-state index in [1.165, 1.54) is 0 Å². The van der Waals surface area contributed by atoms with Gasteiger partial charge in [0, 0.05) is 18.0 Å². The average Bonchev–Trinajstić information content (AvgIpc) is 3.12. The molecule has 1 amide bonds. The van der Waals surface area contributed by atoms with Crippen LogP contribution in [0.3, 0.4) is 0 Å². The molecular formula is C26H30Cl2N8O2. The van der Waals surface area contributed by atoms with Crippen LogP contribution in [0.4, 0.5) is 17.6 Å². The molecule has 10 nitrogen and oxygen atoms in total. The van der Waals surface area contributed by atoms with E-state index in [0.29, 0.717) is 63.6 Å². The number of halogens is 2. The van der Waals surface area contributed by atoms with Gasteiger partial charge in [-0.05, 0) is 57.1 Å². The Morgan fingerprint density at radius 3 is 2.50 bits per heavy atom. The van der Waals surface area contributed by atoms with E-state index in [0.717, 1.165) is 38.5 Å². The molecule has 2 fully saturated rings. The molecule has 1 aromatic carbocycles. The van der Waals surface area contributed by atoms with Crippen LogP contribution in [-0.4, -0.2) is 42.7 Å². The third kappa shape index (κ3) is 5.65. The van der Waals surface area contributed by atoms with Crippen molar-refractivity contribution in [3.8, 4) is 6.07 Å². The first-order chi connectivity index (χ1) is 18.3. The second kappa shape index (κ2) is 11.3. The molecule has 0 bridgehead atoms. The van der Waals surface area contributed by atoms with Crippen molar-refractivity contribution in [2.75, 3.05) is 10.6 Å². The summed E-state index contributed by atoms with van der Waals surface area (Å²) < 4.78 is 2.02. The van der Waals surface area contributed by atoms with Crippen molar-refractivity contribution >= 4 is 57.9 Å². The molecule has 2 aromatic heterocycles. The molecule has 12 heteroatoms. The summed E-state index contributed by atoms with van der Waals surface area (Å²) in [6, 6.07) is 5.23. The van der Waals surface area contributed by atoms with Crippen LogP contribution in [0.5, 0.6) is 0 Å². The van der Waals surface area contributed by atoms with Crippen LogP contribution in [0.2, 0.25) is 10.0 Å². The first-order valence-corrected chi connectivity index (χ1v) is 13.7. The lowest BCUT2D eigenvalue weighted by Gasteiger charge is -2.29. The van der Waals surface area contributed by atoms with Gasteiger partial charge in [0.15, 0.2) is 5.65 Å². The minimum absolute atomic E-state index is 0.0106. The van der Waals surface area contributed by atoms with E-state index in [2.05, 4.69) is 15.6 Å². The van der Waals surface area contributed by atoms with Gasteiger partial charge in [-0.3, -0.25) is 9.36 Å². The lowest BCUT2D eigenvalue weighted by atomic mass is 9.85. The fraction of sp³-hybridized carbons (Fsp3) is 0.500. The van der Waals surface area contributed by atoms with Crippen molar-refractivity contribution < 1.29 is 9.90 Å². The molecule has 3 aromatic rings. The number of rotatable bonds is 6. The van der Waals surface area contributed by atoms with Crippen LogP contribution in [0, 0.1) is 17.2 Å². The van der Waals surface area contributed by atoms with Crippen molar-refractivity contribution in [1.82, 2.24) is 19.5 Å². The summed E-state index contributed by atoms with van der Waals surface area (Å²) >= 11 is 12.9. The van der Waals surface area contributed by atoms with Crippen molar-refractivity contribution in [2.45, 2.75) is 76.0 Å². The SMILES string of the molecule is N#Cc1cc(Cl)c(Nc2nc3cnc(N[C@H]4CCCC[C@H](O)C4)nc3n2[C@H]2CC[C@@H](C(N)=O)CC2)c(Cl)c1. The van der Waals surface area contributed by atoms with Gasteiger partial charge in [-0.25, -0.2) is 9.97 Å². The molecule has 2 atom stereocenters. The highest BCUT2D eigenvalue weighted by molar-refractivity contribution is 6.39. The molecule has 38 heavy (non-hydrogen) atoms. The standard InChI is InChI=1S/C26H30Cl2N8O2/c27-19-9-14(12-29)10-20(28)22(19)34-26-33-21-13-31-25(32-16-3-1-2-4-18(37)11-16)35-24(21)36(26)17-7-5-15(6-8-17)23(30)38/h9-10,13,15-18,37H,1-8,11H2,(H2,30,38)(H,33,34)(H,31,32,35)/t15-,16-,17+,18-/m0/s1. The van der Waals surface area contributed by atoms with Crippen LogP contribution in [0.15, 0.2) is 18.3 Å². The van der Waals surface area contributed by atoms with E-state index >= 15 is 0 Å². The number of primary amides is 1. The molecule has 0 radical (unpaired) electrons. The van der Waals surface area contributed by atoms with Gasteiger partial charge in [0.1, 0.15) is 5.52 Å². The summed E-state index contributed by atoms with van der Waals surface area (Å²) in [4.78, 5) is 25.9. The number of hydrogen-bond acceptors (Lipinski definition) is 8. The average molecular weight is 557 g/mol. The van der Waals surface area contributed by atoms with Gasteiger partial charge in [0.05, 0.1) is 39.7 Å². The fourth-order valence-corrected chi connectivity index (χ4v) is 6.11. The molecule has 0 spiro atoms. The Labute approximate surface area is 230 Å². The zero-order valence-electron chi connectivity index (χ0n) is 20.8. The smallest absolute Gasteiger partial charge is 0.224 e. The van der Waals surface area contributed by atoms with Gasteiger partial charge in [0.2, 0.25) is 17.8 Å². The quantitative estimate of drug-likeness (QED) is 0.306. The lowest BCUT2D eigenvalue weighted by Crippen LogP contribution is -2.29. The van der Waals surface area contributed by atoms with Crippen molar-refractivity contribution in [2.24, 2.45) is 11.7 Å². The Kier molecular flexibility index (Phi) is 7.88. The molecular weight excluding hydrogens is 527 g/mol. The van der Waals surface area contributed by atoms with E-state index in [4.69, 9.17) is 38.9 Å². The number of fused-ring (bicyclic) bond motifs is 1. The second-order valence-electron chi connectivity index (χ2n) is 10.2. The lowest BCUT2D eigenvalue weighted by molar-refractivity contribution is -0.122. The summed E-state index contributed by atoms with van der Waals surface area (Å²) in [5, 5.41) is 26.7. The number of carbonyl (C=O) groups excluding carboxylic acids is 1. The van der Waals surface area contributed by atoms with Crippen molar-refractivity contribution in [3.05, 3.63) is 33.9 Å². The third-order valence-electron chi connectivity index (χ3n) is 7.53. The number of nitrogens with zero attached hydrogens (tertiary/aromatic N) is 5. The first-order valence-electron chi connectivity index (χ1n) is 13.0. The Morgan fingerprint density at radius 1 is 1.11 bits per heavy atom. The van der Waals surface area contributed by atoms with Crippen LogP contribution in [0.1, 0.15) is 69.4 Å². The monoisotopic (exact) mass is 556 g/mol. The number of carbonyl (C=O) groups is 1. The number of aliphatic hydroxyl groups is 1. The molecule has 0 aliphatic heterocycles. The highest BCUT2D eigenvalue weighted by Gasteiger charge is 2.30. The maximum absolute atomic E-state index is 11.8. The van der Waals surface area contributed by atoms with Gasteiger partial charge >= 0.3 is 0 Å². The molecule has 0 saturated heterocycles. The summed E-state index contributed by atoms with van der Waals surface area (Å²) in [5.74, 6) is 0.554. The van der Waals surface area contributed by atoms with Gasteiger partial charge < -0.3 is 21.5 Å². The topological polar surface area (TPSA) is 155 Å². The maximum Gasteiger partial charge on any atom is 0.224 e. The van der Waals surface area contributed by atoms with Crippen LogP contribution in [-0.2, 0) is 4.79 Å². The zero-order chi connectivity index (χ0) is 26.8. The fourth-order valence-electron chi connectivity index (χ4n) is 5.53. The highest BCUT2D eigenvalue weighted by Crippen LogP contribution is 2.39. The van der Waals surface area contributed by atoms with Crippen molar-refractivity contribution in [1.29, 1.82) is 5.26 Å². The first kappa shape index (κ1) is 26.5. The predicted octanol–water partition coefficient (Wildman–Crippen LogP) is 5.07. The highest BCUT2D eigenvalue weighted by atomic mass is 35.5. The number of imidazole rings is 1. The number of nitrogens with one attached hydrogen (secondary N) is 2. The summed E-state index contributed by atoms with van der Waals surface area (Å²) in [6.07, 6.45) is 8.61. The molecule has 5 N–H and O–H groups in total. The Bertz CT molecular complexity index is 1360. The number of hydrogen-bond donors (Lipinski definition) is 4. The minimum atomic E-state index is -0.331. The van der Waals surface area contributed by atoms with E-state index in [1.807, 2.05) is 10.6 Å². The zero-order valence-corrected chi connectivity index (χ0v) is 22.3. The van der Waals surface area contributed by atoms with Crippen molar-refractivity contribution in [3.63, 3.8) is 0 Å². The molecule has 2 aliphatic rings. The summed E-state index contributed by atoms with van der Waals surface area (Å²) in [6.45, 7) is 0. The second-order valence-corrected chi connectivity index (χ2v) is 11.0. The van der Waals surface area contributed by atoms with Crippen LogP contribution in [0.25, 0.3) is 11.2 Å². The van der Waals surface area contributed by atoms with Gasteiger partial charge in [-0.2, -0.15) is 10.2 Å². The van der Waals surface area contributed by atoms with Gasteiger partial charge in [-0.1, -0.05) is 36.0 Å². The molecule has 2 aliphatic carbocycles. The number of aliphatic hydroxyl groups excluding tert-OH is 1. The Balaban J connectivity index is 1.52. The number of aromatic nitrogens is 4. The van der Waals surface area contributed by atoms with Crippen LogP contribution >= 0.6 is 23.2 Å². The van der Waals surface area contributed by atoms with E-state index < -0.39 is 0 Å². The van der Waals surface area contributed by atoms with Crippen LogP contribution < -0.4 is 16.4 Å². The van der Waals surface area contributed by atoms with Gasteiger partial charge in [0.25, 0.3) is 0 Å².